The minimum Gasteiger partial charge on any atom is -0.390 e. The van der Waals surface area contributed by atoms with E-state index in [0.717, 1.165) is 0 Å². The number of carbonyl (C=O) groups excluding carboxylic acids is 1. The first-order chi connectivity index (χ1) is 7.18. The standard InChI is InChI=1S/C9H11ClN2O2S.ClH/c10-5-1-2-15-8(5)9(14)12-6-3-11-4-7(6)13;/h1-2,6-7,11,13H,3-4H2,(H,12,14);1H/t6-,7-;/m1./s1. The van der Waals surface area contributed by atoms with Crippen molar-refractivity contribution >= 4 is 41.3 Å². The molecule has 0 saturated carbocycles. The van der Waals surface area contributed by atoms with E-state index in [9.17, 15) is 9.90 Å². The van der Waals surface area contributed by atoms with Crippen molar-refractivity contribution in [3.8, 4) is 0 Å². The SMILES string of the molecule is Cl.O=C(N[C@@H]1CNC[C@H]1O)c1sccc1Cl. The fraction of sp³-hybridized carbons (Fsp3) is 0.444. The predicted octanol–water partition coefficient (Wildman–Crippen LogP) is 0.886. The molecular formula is C9H12Cl2N2O2S. The van der Waals surface area contributed by atoms with Gasteiger partial charge in [0.25, 0.3) is 5.91 Å². The van der Waals surface area contributed by atoms with Crippen molar-refractivity contribution in [3.63, 3.8) is 0 Å². The third-order valence-electron chi connectivity index (χ3n) is 2.32. The van der Waals surface area contributed by atoms with Gasteiger partial charge in [-0.1, -0.05) is 11.6 Å². The first-order valence-corrected chi connectivity index (χ1v) is 5.87. The highest BCUT2D eigenvalue weighted by Crippen LogP contribution is 2.21. The fourth-order valence-corrected chi connectivity index (χ4v) is 2.55. The van der Waals surface area contributed by atoms with E-state index in [1.807, 2.05) is 0 Å². The van der Waals surface area contributed by atoms with E-state index in [0.29, 0.717) is 23.0 Å². The van der Waals surface area contributed by atoms with Gasteiger partial charge in [0.2, 0.25) is 0 Å². The fourth-order valence-electron chi connectivity index (χ4n) is 1.50. The monoisotopic (exact) mass is 282 g/mol. The zero-order valence-corrected chi connectivity index (χ0v) is 10.7. The molecule has 0 spiro atoms. The summed E-state index contributed by atoms with van der Waals surface area (Å²) in [6, 6.07) is 1.46. The lowest BCUT2D eigenvalue weighted by Gasteiger charge is -2.14. The molecule has 0 aromatic carbocycles. The molecule has 1 aliphatic rings. The van der Waals surface area contributed by atoms with Crippen LogP contribution in [0, 0.1) is 0 Å². The molecule has 0 radical (unpaired) electrons. The average Bonchev–Trinajstić information content (AvgIpc) is 2.76. The van der Waals surface area contributed by atoms with Crippen LogP contribution in [0.15, 0.2) is 11.4 Å². The van der Waals surface area contributed by atoms with Gasteiger partial charge in [0.15, 0.2) is 0 Å². The van der Waals surface area contributed by atoms with Crippen molar-refractivity contribution in [2.45, 2.75) is 12.1 Å². The molecule has 1 saturated heterocycles. The minimum absolute atomic E-state index is 0. The molecule has 4 nitrogen and oxygen atoms in total. The molecule has 7 heteroatoms. The van der Waals surface area contributed by atoms with Gasteiger partial charge in [-0.3, -0.25) is 4.79 Å². The largest absolute Gasteiger partial charge is 0.390 e. The summed E-state index contributed by atoms with van der Waals surface area (Å²) in [6.45, 7) is 1.11. The van der Waals surface area contributed by atoms with Crippen molar-refractivity contribution in [2.24, 2.45) is 0 Å². The maximum Gasteiger partial charge on any atom is 0.263 e. The van der Waals surface area contributed by atoms with Crippen LogP contribution in [0.5, 0.6) is 0 Å². The Labute approximate surface area is 108 Å². The Morgan fingerprint density at radius 1 is 1.62 bits per heavy atom. The number of carbonyl (C=O) groups is 1. The van der Waals surface area contributed by atoms with Gasteiger partial charge in [-0.05, 0) is 11.4 Å². The Balaban J connectivity index is 0.00000128. The van der Waals surface area contributed by atoms with Gasteiger partial charge < -0.3 is 15.7 Å². The predicted molar refractivity (Wildman–Crippen MR) is 66.7 cm³/mol. The number of aliphatic hydroxyl groups excluding tert-OH is 1. The molecule has 0 bridgehead atoms. The highest BCUT2D eigenvalue weighted by atomic mass is 35.5. The van der Waals surface area contributed by atoms with E-state index < -0.39 is 6.10 Å². The summed E-state index contributed by atoms with van der Waals surface area (Å²) in [4.78, 5) is 12.2. The summed E-state index contributed by atoms with van der Waals surface area (Å²) in [5.41, 5.74) is 0. The number of hydrogen-bond donors (Lipinski definition) is 3. The molecule has 1 fully saturated rings. The number of rotatable bonds is 2. The molecule has 1 aliphatic heterocycles. The molecule has 1 aromatic heterocycles. The van der Waals surface area contributed by atoms with Crippen LogP contribution in [0.25, 0.3) is 0 Å². The van der Waals surface area contributed by atoms with Crippen molar-refractivity contribution in [1.82, 2.24) is 10.6 Å². The third kappa shape index (κ3) is 2.87. The molecule has 3 N–H and O–H groups in total. The van der Waals surface area contributed by atoms with E-state index >= 15 is 0 Å². The second-order valence-electron chi connectivity index (χ2n) is 3.40. The van der Waals surface area contributed by atoms with Gasteiger partial charge >= 0.3 is 0 Å². The van der Waals surface area contributed by atoms with Crippen LogP contribution in [0.1, 0.15) is 9.67 Å². The van der Waals surface area contributed by atoms with Crippen LogP contribution in [0.4, 0.5) is 0 Å². The zero-order valence-electron chi connectivity index (χ0n) is 8.27. The smallest absolute Gasteiger partial charge is 0.263 e. The second-order valence-corrected chi connectivity index (χ2v) is 4.73. The summed E-state index contributed by atoms with van der Waals surface area (Å²) < 4.78 is 0. The van der Waals surface area contributed by atoms with E-state index in [2.05, 4.69) is 10.6 Å². The Kier molecular flexibility index (Phi) is 5.01. The van der Waals surface area contributed by atoms with E-state index in [-0.39, 0.29) is 24.4 Å². The molecule has 2 atom stereocenters. The number of amides is 1. The summed E-state index contributed by atoms with van der Waals surface area (Å²) in [5, 5.41) is 17.5. The van der Waals surface area contributed by atoms with Gasteiger partial charge in [-0.25, -0.2) is 0 Å². The van der Waals surface area contributed by atoms with Gasteiger partial charge in [-0.2, -0.15) is 0 Å². The first-order valence-electron chi connectivity index (χ1n) is 4.61. The lowest BCUT2D eigenvalue weighted by Crippen LogP contribution is -2.42. The summed E-state index contributed by atoms with van der Waals surface area (Å²) >= 11 is 7.12. The maximum absolute atomic E-state index is 11.7. The normalized spacial score (nSPS) is 23.9. The molecule has 2 heterocycles. The van der Waals surface area contributed by atoms with E-state index in [1.54, 1.807) is 11.4 Å². The summed E-state index contributed by atoms with van der Waals surface area (Å²) in [7, 11) is 0. The number of nitrogens with one attached hydrogen (secondary N) is 2. The highest BCUT2D eigenvalue weighted by molar-refractivity contribution is 7.12. The molecule has 1 amide bonds. The molecule has 2 rings (SSSR count). The Morgan fingerprint density at radius 2 is 2.38 bits per heavy atom. The van der Waals surface area contributed by atoms with E-state index in [4.69, 9.17) is 11.6 Å². The van der Waals surface area contributed by atoms with Crippen molar-refractivity contribution in [3.05, 3.63) is 21.3 Å². The quantitative estimate of drug-likeness (QED) is 0.755. The highest BCUT2D eigenvalue weighted by Gasteiger charge is 2.27. The van der Waals surface area contributed by atoms with Crippen LogP contribution in [0.2, 0.25) is 5.02 Å². The molecule has 0 unspecified atom stereocenters. The number of halogens is 2. The lowest BCUT2D eigenvalue weighted by atomic mass is 10.2. The van der Waals surface area contributed by atoms with Crippen LogP contribution in [-0.4, -0.2) is 36.2 Å². The van der Waals surface area contributed by atoms with Gasteiger partial charge in [0.1, 0.15) is 4.88 Å². The van der Waals surface area contributed by atoms with Gasteiger partial charge in [-0.15, -0.1) is 23.7 Å². The Morgan fingerprint density at radius 3 is 2.88 bits per heavy atom. The van der Waals surface area contributed by atoms with Crippen molar-refractivity contribution in [1.29, 1.82) is 0 Å². The van der Waals surface area contributed by atoms with Crippen LogP contribution < -0.4 is 10.6 Å². The maximum atomic E-state index is 11.7. The van der Waals surface area contributed by atoms with Crippen LogP contribution in [0.3, 0.4) is 0 Å². The van der Waals surface area contributed by atoms with Crippen LogP contribution in [-0.2, 0) is 0 Å². The molecule has 1 aromatic rings. The third-order valence-corrected chi connectivity index (χ3v) is 3.66. The van der Waals surface area contributed by atoms with Gasteiger partial charge in [0, 0.05) is 13.1 Å². The molecule has 90 valence electrons. The first kappa shape index (κ1) is 13.7. The zero-order chi connectivity index (χ0) is 10.8. The molecular weight excluding hydrogens is 271 g/mol. The van der Waals surface area contributed by atoms with E-state index in [1.165, 1.54) is 11.3 Å². The number of aliphatic hydroxyl groups is 1. The lowest BCUT2D eigenvalue weighted by molar-refractivity contribution is 0.0893. The average molecular weight is 283 g/mol. The second kappa shape index (κ2) is 5.84. The Bertz CT molecular complexity index is 372. The molecule has 0 aliphatic carbocycles. The van der Waals surface area contributed by atoms with Crippen molar-refractivity contribution < 1.29 is 9.90 Å². The summed E-state index contributed by atoms with van der Waals surface area (Å²) in [6.07, 6.45) is -0.521. The summed E-state index contributed by atoms with van der Waals surface area (Å²) in [5.74, 6) is -0.220. The topological polar surface area (TPSA) is 61.4 Å². The minimum atomic E-state index is -0.521. The van der Waals surface area contributed by atoms with Crippen molar-refractivity contribution in [2.75, 3.05) is 13.1 Å². The molecule has 16 heavy (non-hydrogen) atoms. The number of β-amino-alcohol motifs (C(OH)–C–C–N with tert-alkyl or cyclic N) is 1. The van der Waals surface area contributed by atoms with Crippen LogP contribution >= 0.6 is 35.3 Å². The Hall–Kier alpha value is -0.330. The number of thiophene rings is 1. The number of hydrogen-bond acceptors (Lipinski definition) is 4. The van der Waals surface area contributed by atoms with Gasteiger partial charge in [0.05, 0.1) is 17.2 Å².